The topological polar surface area (TPSA) is 102 Å². The Balaban J connectivity index is 1.30. The molecular formula is C38H34FN3O5S2. The second-order valence-electron chi connectivity index (χ2n) is 11.4. The number of ether oxygens (including phenoxy) is 2. The number of ketones is 1. The summed E-state index contributed by atoms with van der Waals surface area (Å²) in [5.41, 5.74) is 3.54. The van der Waals surface area contributed by atoms with E-state index in [-0.39, 0.29) is 22.3 Å². The number of amides is 1. The van der Waals surface area contributed by atoms with Gasteiger partial charge in [0.05, 0.1) is 18.2 Å². The van der Waals surface area contributed by atoms with Crippen LogP contribution in [0.4, 0.5) is 9.52 Å². The smallest absolute Gasteiger partial charge is 0.301 e. The van der Waals surface area contributed by atoms with Crippen LogP contribution in [0.2, 0.25) is 0 Å². The number of aliphatic hydroxyl groups excluding tert-OH is 1. The lowest BCUT2D eigenvalue weighted by molar-refractivity contribution is -0.132. The molecule has 5 aromatic rings. The molecule has 0 aliphatic carbocycles. The second-order valence-corrected chi connectivity index (χ2v) is 13.6. The lowest BCUT2D eigenvalue weighted by Crippen LogP contribution is -2.29. The highest BCUT2D eigenvalue weighted by Crippen LogP contribution is 2.44. The van der Waals surface area contributed by atoms with E-state index in [0.717, 1.165) is 35.3 Å². The highest BCUT2D eigenvalue weighted by molar-refractivity contribution is 8.00. The van der Waals surface area contributed by atoms with Crippen molar-refractivity contribution >= 4 is 45.7 Å². The first-order valence-corrected chi connectivity index (χ1v) is 17.7. The second kappa shape index (κ2) is 15.5. The molecule has 11 heteroatoms. The lowest BCUT2D eigenvalue weighted by atomic mass is 9.95. The molecule has 0 spiro atoms. The standard InChI is InChI=1S/C38H34FN3O5S2/c1-3-4-21-46-29-17-13-25(14-18-29)33-32(34(43)26-15-19-30(20-16-26)47-22-27-10-6-5-9-24(27)2)35(44)36(45)42(33)37-40-41-38(49-37)48-23-28-11-7-8-12-31(28)39/h5-20,33,43H,3-4,21-23H2,1-2H3/b34-32+. The molecule has 1 amide bonds. The average molecular weight is 696 g/mol. The Hall–Kier alpha value is -5.00. The molecule has 1 N–H and O–H groups in total. The van der Waals surface area contributed by atoms with E-state index in [1.54, 1.807) is 66.7 Å². The van der Waals surface area contributed by atoms with Crippen LogP contribution in [0, 0.1) is 12.7 Å². The van der Waals surface area contributed by atoms with Gasteiger partial charge < -0.3 is 14.6 Å². The van der Waals surface area contributed by atoms with Crippen LogP contribution in [-0.4, -0.2) is 33.6 Å². The first-order chi connectivity index (χ1) is 23.8. The molecule has 250 valence electrons. The normalized spacial score (nSPS) is 15.5. The minimum atomic E-state index is -0.987. The first kappa shape index (κ1) is 33.9. The number of rotatable bonds is 13. The summed E-state index contributed by atoms with van der Waals surface area (Å²) >= 11 is 2.40. The number of halogens is 1. The van der Waals surface area contributed by atoms with E-state index >= 15 is 0 Å². The molecule has 1 unspecified atom stereocenters. The number of carbonyl (C=O) groups excluding carboxylic acids is 2. The molecule has 8 nitrogen and oxygen atoms in total. The zero-order valence-electron chi connectivity index (χ0n) is 27.0. The quantitative estimate of drug-likeness (QED) is 0.0326. The Morgan fingerprint density at radius 3 is 2.29 bits per heavy atom. The van der Waals surface area contributed by atoms with Gasteiger partial charge in [0.25, 0.3) is 5.78 Å². The average Bonchev–Trinajstić information content (AvgIpc) is 3.69. The molecule has 0 radical (unpaired) electrons. The summed E-state index contributed by atoms with van der Waals surface area (Å²) in [6.45, 7) is 5.05. The lowest BCUT2D eigenvalue weighted by Gasteiger charge is -2.22. The van der Waals surface area contributed by atoms with Crippen LogP contribution in [0.3, 0.4) is 0 Å². The summed E-state index contributed by atoms with van der Waals surface area (Å²) in [5, 5.41) is 20.3. The Bertz CT molecular complexity index is 1980. The summed E-state index contributed by atoms with van der Waals surface area (Å²) in [6, 6.07) is 27.3. The molecule has 4 aromatic carbocycles. The SMILES string of the molecule is CCCCOc1ccc(C2/C(=C(\O)c3ccc(OCc4ccccc4C)cc3)C(=O)C(=O)N2c2nnc(SCc3ccccc3F)s2)cc1. The van der Waals surface area contributed by atoms with E-state index in [2.05, 4.69) is 17.1 Å². The van der Waals surface area contributed by atoms with Crippen molar-refractivity contribution in [3.8, 4) is 11.5 Å². The van der Waals surface area contributed by atoms with Crippen LogP contribution in [0.1, 0.15) is 53.6 Å². The van der Waals surface area contributed by atoms with Gasteiger partial charge in [0.15, 0.2) is 4.34 Å². The van der Waals surface area contributed by atoms with Gasteiger partial charge >= 0.3 is 5.91 Å². The molecule has 49 heavy (non-hydrogen) atoms. The maximum absolute atomic E-state index is 14.2. The van der Waals surface area contributed by atoms with Crippen LogP contribution in [-0.2, 0) is 21.9 Å². The molecule has 1 atom stereocenters. The Morgan fingerprint density at radius 2 is 1.57 bits per heavy atom. The maximum Gasteiger partial charge on any atom is 0.301 e. The van der Waals surface area contributed by atoms with Gasteiger partial charge in [-0.2, -0.15) is 0 Å². The number of benzene rings is 4. The van der Waals surface area contributed by atoms with Crippen molar-refractivity contribution in [1.29, 1.82) is 0 Å². The van der Waals surface area contributed by atoms with Gasteiger partial charge in [0, 0.05) is 11.3 Å². The maximum atomic E-state index is 14.2. The minimum absolute atomic E-state index is 0.0750. The summed E-state index contributed by atoms with van der Waals surface area (Å²) in [6.07, 6.45) is 1.90. The number of Topliss-reactive ketones (excluding diaryl/α,β-unsaturated/α-hetero) is 1. The van der Waals surface area contributed by atoms with E-state index in [0.29, 0.717) is 51.5 Å². The van der Waals surface area contributed by atoms with E-state index in [4.69, 9.17) is 9.47 Å². The van der Waals surface area contributed by atoms with Gasteiger partial charge in [-0.3, -0.25) is 14.5 Å². The van der Waals surface area contributed by atoms with Crippen molar-refractivity contribution in [3.63, 3.8) is 0 Å². The van der Waals surface area contributed by atoms with Crippen LogP contribution in [0.25, 0.3) is 5.76 Å². The third-order valence-electron chi connectivity index (χ3n) is 8.10. The van der Waals surface area contributed by atoms with E-state index < -0.39 is 17.7 Å². The number of thioether (sulfide) groups is 1. The van der Waals surface area contributed by atoms with Gasteiger partial charge in [0.2, 0.25) is 5.13 Å². The fourth-order valence-electron chi connectivity index (χ4n) is 5.34. The van der Waals surface area contributed by atoms with Gasteiger partial charge in [-0.05, 0) is 78.1 Å². The zero-order chi connectivity index (χ0) is 34.3. The van der Waals surface area contributed by atoms with E-state index in [1.165, 1.54) is 22.7 Å². The molecule has 0 saturated carbocycles. The molecule has 0 bridgehead atoms. The summed E-state index contributed by atoms with van der Waals surface area (Å²) in [7, 11) is 0. The molecule has 1 aliphatic heterocycles. The van der Waals surface area contributed by atoms with Crippen molar-refractivity contribution in [2.45, 2.75) is 49.4 Å². The molecular weight excluding hydrogens is 662 g/mol. The third kappa shape index (κ3) is 7.68. The fourth-order valence-corrected chi connectivity index (χ4v) is 7.19. The number of aryl methyl sites for hydroxylation is 1. The number of carbonyl (C=O) groups is 2. The van der Waals surface area contributed by atoms with Crippen molar-refractivity contribution in [1.82, 2.24) is 10.2 Å². The minimum Gasteiger partial charge on any atom is -0.507 e. The van der Waals surface area contributed by atoms with Crippen molar-refractivity contribution < 1.29 is 28.6 Å². The zero-order valence-corrected chi connectivity index (χ0v) is 28.6. The van der Waals surface area contributed by atoms with Gasteiger partial charge in [-0.25, -0.2) is 4.39 Å². The molecule has 1 aliphatic rings. The predicted molar refractivity (Wildman–Crippen MR) is 189 cm³/mol. The summed E-state index contributed by atoms with van der Waals surface area (Å²) < 4.78 is 26.5. The van der Waals surface area contributed by atoms with Crippen LogP contribution in [0.15, 0.2) is 107 Å². The van der Waals surface area contributed by atoms with Gasteiger partial charge in [-0.1, -0.05) is 91.0 Å². The first-order valence-electron chi connectivity index (χ1n) is 15.8. The fraction of sp³-hybridized carbons (Fsp3) is 0.211. The van der Waals surface area contributed by atoms with Gasteiger partial charge in [0.1, 0.15) is 29.7 Å². The highest BCUT2D eigenvalue weighted by atomic mass is 32.2. The Kier molecular flexibility index (Phi) is 10.7. The third-order valence-corrected chi connectivity index (χ3v) is 10.2. The Labute approximate surface area is 292 Å². The number of anilines is 1. The van der Waals surface area contributed by atoms with E-state index in [1.807, 2.05) is 31.2 Å². The van der Waals surface area contributed by atoms with Crippen LogP contribution in [0.5, 0.6) is 11.5 Å². The van der Waals surface area contributed by atoms with Crippen LogP contribution >= 0.6 is 23.1 Å². The molecule has 2 heterocycles. The monoisotopic (exact) mass is 695 g/mol. The summed E-state index contributed by atoms with van der Waals surface area (Å²) in [4.78, 5) is 28.6. The summed E-state index contributed by atoms with van der Waals surface area (Å²) in [5.74, 6) is -0.774. The van der Waals surface area contributed by atoms with E-state index in [9.17, 15) is 19.1 Å². The van der Waals surface area contributed by atoms with Crippen molar-refractivity contribution in [3.05, 3.63) is 136 Å². The number of unbranched alkanes of at least 4 members (excludes halogenated alkanes) is 1. The van der Waals surface area contributed by atoms with Gasteiger partial charge in [-0.15, -0.1) is 10.2 Å². The van der Waals surface area contributed by atoms with Crippen molar-refractivity contribution in [2.75, 3.05) is 11.5 Å². The van der Waals surface area contributed by atoms with Crippen molar-refractivity contribution in [2.24, 2.45) is 0 Å². The number of hydrogen-bond acceptors (Lipinski definition) is 9. The molecule has 1 saturated heterocycles. The molecule has 1 aromatic heterocycles. The predicted octanol–water partition coefficient (Wildman–Crippen LogP) is 8.66. The number of aromatic nitrogens is 2. The molecule has 1 fully saturated rings. The van der Waals surface area contributed by atoms with Crippen LogP contribution < -0.4 is 14.4 Å². The highest BCUT2D eigenvalue weighted by Gasteiger charge is 2.48. The molecule has 6 rings (SSSR count). The largest absolute Gasteiger partial charge is 0.507 e. The number of hydrogen-bond donors (Lipinski definition) is 1. The number of nitrogens with zero attached hydrogens (tertiary/aromatic N) is 3. The Morgan fingerprint density at radius 1 is 0.898 bits per heavy atom. The number of aliphatic hydroxyl groups is 1.